The topological polar surface area (TPSA) is 29.3 Å². The monoisotopic (exact) mass is 256 g/mol. The van der Waals surface area contributed by atoms with Crippen molar-refractivity contribution in [3.63, 3.8) is 0 Å². The lowest BCUT2D eigenvalue weighted by molar-refractivity contribution is 0.0871. The molecule has 5 rings (SSSR count). The van der Waals surface area contributed by atoms with Crippen molar-refractivity contribution in [2.75, 3.05) is 19.6 Å². The molecule has 1 atom stereocenters. The number of hydrogen-bond acceptors (Lipinski definition) is 2. The van der Waals surface area contributed by atoms with Crippen molar-refractivity contribution >= 4 is 0 Å². The third-order valence-corrected chi connectivity index (χ3v) is 5.82. The van der Waals surface area contributed by atoms with E-state index >= 15 is 0 Å². The number of hydrogen-bond donors (Lipinski definition) is 1. The summed E-state index contributed by atoms with van der Waals surface area (Å²) in [6, 6.07) is 9.31. The Balaban J connectivity index is 1.56. The van der Waals surface area contributed by atoms with E-state index in [0.29, 0.717) is 0 Å². The summed E-state index contributed by atoms with van der Waals surface area (Å²) in [5.41, 5.74) is 9.29. The Bertz CT molecular complexity index is 453. The molecule has 0 amide bonds. The standard InChI is InChI=1S/C17H24N2/c18-17(8-1-9-17)15-4-2-13(3-5-15)16-12-19-10-6-14(16)7-11-19/h2-5,14,16H,1,6-12,18H2. The quantitative estimate of drug-likeness (QED) is 0.881. The summed E-state index contributed by atoms with van der Waals surface area (Å²) in [6.45, 7) is 3.92. The van der Waals surface area contributed by atoms with Gasteiger partial charge in [0.1, 0.15) is 0 Å². The van der Waals surface area contributed by atoms with E-state index in [2.05, 4.69) is 29.2 Å². The number of piperidine rings is 3. The van der Waals surface area contributed by atoms with Gasteiger partial charge in [-0.1, -0.05) is 24.3 Å². The Kier molecular flexibility index (Phi) is 2.71. The minimum Gasteiger partial charge on any atom is -0.321 e. The first-order chi connectivity index (χ1) is 9.24. The van der Waals surface area contributed by atoms with E-state index in [0.717, 1.165) is 24.7 Å². The molecule has 102 valence electrons. The molecule has 3 heterocycles. The van der Waals surface area contributed by atoms with Crippen LogP contribution in [0.15, 0.2) is 24.3 Å². The van der Waals surface area contributed by atoms with E-state index in [9.17, 15) is 0 Å². The van der Waals surface area contributed by atoms with E-state index in [-0.39, 0.29) is 5.54 Å². The van der Waals surface area contributed by atoms with Crippen molar-refractivity contribution in [3.8, 4) is 0 Å². The molecule has 4 fully saturated rings. The molecule has 1 saturated carbocycles. The number of rotatable bonds is 2. The first kappa shape index (κ1) is 11.9. The van der Waals surface area contributed by atoms with Crippen LogP contribution in [0.3, 0.4) is 0 Å². The van der Waals surface area contributed by atoms with Crippen LogP contribution in [0.25, 0.3) is 0 Å². The van der Waals surface area contributed by atoms with Crippen LogP contribution in [-0.4, -0.2) is 24.5 Å². The number of fused-ring (bicyclic) bond motifs is 3. The second-order valence-corrected chi connectivity index (χ2v) is 6.88. The van der Waals surface area contributed by atoms with Crippen LogP contribution in [0.4, 0.5) is 0 Å². The average molecular weight is 256 g/mol. The van der Waals surface area contributed by atoms with E-state index < -0.39 is 0 Å². The van der Waals surface area contributed by atoms with Crippen molar-refractivity contribution in [1.82, 2.24) is 4.90 Å². The molecular weight excluding hydrogens is 232 g/mol. The van der Waals surface area contributed by atoms with Gasteiger partial charge in [-0.15, -0.1) is 0 Å². The lowest BCUT2D eigenvalue weighted by Crippen LogP contribution is -2.46. The molecule has 3 saturated heterocycles. The van der Waals surface area contributed by atoms with Gasteiger partial charge in [-0.2, -0.15) is 0 Å². The van der Waals surface area contributed by atoms with Crippen LogP contribution < -0.4 is 5.73 Å². The fraction of sp³-hybridized carbons (Fsp3) is 0.647. The number of nitrogens with zero attached hydrogens (tertiary/aromatic N) is 1. The molecule has 0 spiro atoms. The normalized spacial score (nSPS) is 35.9. The Morgan fingerprint density at radius 3 is 2.21 bits per heavy atom. The maximum Gasteiger partial charge on any atom is 0.0409 e. The maximum absolute atomic E-state index is 6.40. The van der Waals surface area contributed by atoms with Crippen LogP contribution in [0.2, 0.25) is 0 Å². The first-order valence-corrected chi connectivity index (χ1v) is 7.86. The average Bonchev–Trinajstić information content (AvgIpc) is 2.46. The Morgan fingerprint density at radius 1 is 1.05 bits per heavy atom. The Morgan fingerprint density at radius 2 is 1.74 bits per heavy atom. The summed E-state index contributed by atoms with van der Waals surface area (Å²) < 4.78 is 0. The molecule has 1 unspecified atom stereocenters. The first-order valence-electron chi connectivity index (χ1n) is 7.86. The predicted octanol–water partition coefficient (Wildman–Crippen LogP) is 2.83. The van der Waals surface area contributed by atoms with Crippen LogP contribution in [0, 0.1) is 5.92 Å². The lowest BCUT2D eigenvalue weighted by atomic mass is 9.71. The summed E-state index contributed by atoms with van der Waals surface area (Å²) in [6.07, 6.45) is 6.40. The molecule has 2 nitrogen and oxygen atoms in total. The molecule has 1 aliphatic carbocycles. The van der Waals surface area contributed by atoms with E-state index in [1.165, 1.54) is 44.5 Å². The minimum atomic E-state index is -0.00635. The van der Waals surface area contributed by atoms with Crippen molar-refractivity contribution < 1.29 is 0 Å². The second-order valence-electron chi connectivity index (χ2n) is 6.88. The second kappa shape index (κ2) is 4.32. The lowest BCUT2D eigenvalue weighted by Gasteiger charge is -2.45. The summed E-state index contributed by atoms with van der Waals surface area (Å²) in [5, 5.41) is 0. The Hall–Kier alpha value is -0.860. The van der Waals surface area contributed by atoms with Crippen LogP contribution in [0.5, 0.6) is 0 Å². The predicted molar refractivity (Wildman–Crippen MR) is 78.1 cm³/mol. The van der Waals surface area contributed by atoms with Gasteiger partial charge in [-0.05, 0) is 68.2 Å². The Labute approximate surface area is 116 Å². The minimum absolute atomic E-state index is 0.00635. The highest BCUT2D eigenvalue weighted by molar-refractivity contribution is 5.32. The van der Waals surface area contributed by atoms with Gasteiger partial charge in [0.2, 0.25) is 0 Å². The zero-order valence-corrected chi connectivity index (χ0v) is 11.6. The van der Waals surface area contributed by atoms with Crippen molar-refractivity contribution in [2.24, 2.45) is 11.7 Å². The van der Waals surface area contributed by atoms with E-state index in [1.54, 1.807) is 5.56 Å². The molecule has 19 heavy (non-hydrogen) atoms. The smallest absolute Gasteiger partial charge is 0.0409 e. The zero-order chi connectivity index (χ0) is 12.9. The number of benzene rings is 1. The fourth-order valence-electron chi connectivity index (χ4n) is 4.25. The van der Waals surface area contributed by atoms with Gasteiger partial charge >= 0.3 is 0 Å². The van der Waals surface area contributed by atoms with Gasteiger partial charge < -0.3 is 10.6 Å². The number of nitrogens with two attached hydrogens (primary N) is 1. The molecule has 2 heteroatoms. The van der Waals surface area contributed by atoms with Gasteiger partial charge in [-0.3, -0.25) is 0 Å². The van der Waals surface area contributed by atoms with E-state index in [4.69, 9.17) is 5.73 Å². The molecule has 4 aliphatic rings. The van der Waals surface area contributed by atoms with Gasteiger partial charge in [0, 0.05) is 12.1 Å². The molecule has 3 aliphatic heterocycles. The van der Waals surface area contributed by atoms with Crippen LogP contribution in [0.1, 0.15) is 49.1 Å². The highest BCUT2D eigenvalue weighted by Crippen LogP contribution is 2.41. The van der Waals surface area contributed by atoms with Gasteiger partial charge in [0.15, 0.2) is 0 Å². The highest BCUT2D eigenvalue weighted by atomic mass is 15.1. The van der Waals surface area contributed by atoms with Gasteiger partial charge in [0.05, 0.1) is 0 Å². The van der Waals surface area contributed by atoms with Crippen molar-refractivity contribution in [2.45, 2.75) is 43.6 Å². The zero-order valence-electron chi connectivity index (χ0n) is 11.6. The molecule has 2 bridgehead atoms. The van der Waals surface area contributed by atoms with Crippen molar-refractivity contribution in [1.29, 1.82) is 0 Å². The maximum atomic E-state index is 6.40. The molecule has 2 N–H and O–H groups in total. The largest absolute Gasteiger partial charge is 0.321 e. The molecule has 1 aromatic carbocycles. The fourth-order valence-corrected chi connectivity index (χ4v) is 4.25. The van der Waals surface area contributed by atoms with Crippen molar-refractivity contribution in [3.05, 3.63) is 35.4 Å². The molecule has 1 aromatic rings. The summed E-state index contributed by atoms with van der Waals surface area (Å²) in [5.74, 6) is 1.69. The van der Waals surface area contributed by atoms with Gasteiger partial charge in [-0.25, -0.2) is 0 Å². The molecule has 0 radical (unpaired) electrons. The SMILES string of the molecule is NC1(c2ccc(C3CN4CCC3CC4)cc2)CCC1. The van der Waals surface area contributed by atoms with Crippen LogP contribution >= 0.6 is 0 Å². The highest BCUT2D eigenvalue weighted by Gasteiger charge is 2.36. The summed E-state index contributed by atoms with van der Waals surface area (Å²) in [4.78, 5) is 2.63. The molecule has 0 aromatic heterocycles. The molecular formula is C17H24N2. The van der Waals surface area contributed by atoms with E-state index in [1.807, 2.05) is 0 Å². The third-order valence-electron chi connectivity index (χ3n) is 5.82. The summed E-state index contributed by atoms with van der Waals surface area (Å²) >= 11 is 0. The third kappa shape index (κ3) is 1.93. The summed E-state index contributed by atoms with van der Waals surface area (Å²) in [7, 11) is 0. The van der Waals surface area contributed by atoms with Crippen LogP contribution in [-0.2, 0) is 5.54 Å². The van der Waals surface area contributed by atoms with Gasteiger partial charge in [0.25, 0.3) is 0 Å².